The number of carbonyl (C=O) groups excluding carboxylic acids is 1. The van der Waals surface area contributed by atoms with E-state index in [0.29, 0.717) is 29.8 Å². The number of benzene rings is 2. The molecule has 0 atom stereocenters. The molecule has 3 rings (SSSR count). The Hall–Kier alpha value is -4.01. The predicted molar refractivity (Wildman–Crippen MR) is 117 cm³/mol. The Morgan fingerprint density at radius 2 is 1.94 bits per heavy atom. The van der Waals surface area contributed by atoms with Crippen LogP contribution < -0.4 is 10.3 Å². The zero-order valence-corrected chi connectivity index (χ0v) is 16.9. The summed E-state index contributed by atoms with van der Waals surface area (Å²) in [6.45, 7) is 2.03. The topological polar surface area (TPSA) is 125 Å². The average molecular weight is 422 g/mol. The van der Waals surface area contributed by atoms with Gasteiger partial charge in [-0.25, -0.2) is 0 Å². The molecule has 0 unspecified atom stereocenters. The van der Waals surface area contributed by atoms with E-state index in [4.69, 9.17) is 5.11 Å². The maximum atomic E-state index is 13.1. The van der Waals surface area contributed by atoms with E-state index < -0.39 is 10.9 Å². The van der Waals surface area contributed by atoms with E-state index in [9.17, 15) is 19.7 Å². The molecule has 1 aliphatic rings. The van der Waals surface area contributed by atoms with Gasteiger partial charge in [-0.3, -0.25) is 19.7 Å². The van der Waals surface area contributed by atoms with Crippen LogP contribution in [0.5, 0.6) is 0 Å². The number of anilines is 2. The van der Waals surface area contributed by atoms with Gasteiger partial charge in [0.1, 0.15) is 0 Å². The lowest BCUT2D eigenvalue weighted by molar-refractivity contribution is -0.384. The Labute approximate surface area is 178 Å². The highest BCUT2D eigenvalue weighted by atomic mass is 16.6. The first-order valence-electron chi connectivity index (χ1n) is 9.84. The van der Waals surface area contributed by atoms with Gasteiger partial charge in [-0.1, -0.05) is 25.1 Å². The summed E-state index contributed by atoms with van der Waals surface area (Å²) in [5.74, 6) is -1.31. The molecule has 9 heteroatoms. The van der Waals surface area contributed by atoms with Crippen LogP contribution in [-0.4, -0.2) is 27.6 Å². The number of rotatable bonds is 9. The van der Waals surface area contributed by atoms with Crippen molar-refractivity contribution >= 4 is 34.7 Å². The summed E-state index contributed by atoms with van der Waals surface area (Å²) in [5.41, 5.74) is 3.05. The van der Waals surface area contributed by atoms with Crippen molar-refractivity contribution in [1.82, 2.24) is 0 Å². The molecule has 0 aromatic heterocycles. The minimum absolute atomic E-state index is 0.0376. The molecule has 2 N–H and O–H groups in total. The van der Waals surface area contributed by atoms with Crippen LogP contribution in [0.2, 0.25) is 0 Å². The van der Waals surface area contributed by atoms with Crippen molar-refractivity contribution in [2.45, 2.75) is 32.6 Å². The molecule has 160 valence electrons. The maximum absolute atomic E-state index is 13.1. The van der Waals surface area contributed by atoms with Crippen LogP contribution in [0.25, 0.3) is 0 Å². The van der Waals surface area contributed by atoms with Gasteiger partial charge in [0.15, 0.2) is 0 Å². The molecular weight excluding hydrogens is 400 g/mol. The molecule has 0 radical (unpaired) electrons. The number of nitrogens with one attached hydrogen (secondary N) is 1. The van der Waals surface area contributed by atoms with Crippen molar-refractivity contribution < 1.29 is 19.6 Å². The first-order chi connectivity index (χ1) is 14.9. The van der Waals surface area contributed by atoms with Crippen LogP contribution in [-0.2, 0) is 16.0 Å². The van der Waals surface area contributed by atoms with Gasteiger partial charge in [-0.05, 0) is 43.0 Å². The Balaban J connectivity index is 1.88. The van der Waals surface area contributed by atoms with E-state index in [1.165, 1.54) is 29.3 Å². The normalized spacial score (nSPS) is 14.6. The van der Waals surface area contributed by atoms with Crippen LogP contribution in [0.3, 0.4) is 0 Å². The molecule has 1 aliphatic heterocycles. The molecule has 0 bridgehead atoms. The van der Waals surface area contributed by atoms with E-state index in [0.717, 1.165) is 17.7 Å². The van der Waals surface area contributed by atoms with E-state index in [-0.39, 0.29) is 18.0 Å². The molecular formula is C22H22N4O5. The quantitative estimate of drug-likeness (QED) is 0.356. The highest BCUT2D eigenvalue weighted by Crippen LogP contribution is 2.27. The number of aliphatic carboxylic acids is 1. The van der Waals surface area contributed by atoms with Crippen LogP contribution in [0.1, 0.15) is 31.7 Å². The number of carboxylic acid groups (broad SMARTS) is 1. The summed E-state index contributed by atoms with van der Waals surface area (Å²) in [5, 5.41) is 28.5. The van der Waals surface area contributed by atoms with Gasteiger partial charge < -0.3 is 10.4 Å². The number of para-hydroxylation sites is 1. The monoisotopic (exact) mass is 422 g/mol. The van der Waals surface area contributed by atoms with Crippen molar-refractivity contribution in [3.63, 3.8) is 0 Å². The lowest BCUT2D eigenvalue weighted by Crippen LogP contribution is -2.22. The third kappa shape index (κ3) is 5.13. The summed E-state index contributed by atoms with van der Waals surface area (Å²) < 4.78 is 0. The second-order valence-electron chi connectivity index (χ2n) is 6.90. The van der Waals surface area contributed by atoms with Gasteiger partial charge in [0.2, 0.25) is 0 Å². The number of aryl methyl sites for hydroxylation is 1. The van der Waals surface area contributed by atoms with Gasteiger partial charge in [0.25, 0.3) is 11.6 Å². The number of nitro benzene ring substituents is 1. The molecule has 0 aliphatic carbocycles. The molecule has 0 saturated heterocycles. The zero-order chi connectivity index (χ0) is 22.4. The Bertz CT molecular complexity index is 1060. The van der Waals surface area contributed by atoms with Crippen molar-refractivity contribution in [3.8, 4) is 0 Å². The fourth-order valence-corrected chi connectivity index (χ4v) is 3.20. The largest absolute Gasteiger partial charge is 0.481 e. The fourth-order valence-electron chi connectivity index (χ4n) is 3.20. The number of hydrogen-bond donors (Lipinski definition) is 2. The molecule has 0 fully saturated rings. The highest BCUT2D eigenvalue weighted by Gasteiger charge is 2.31. The number of non-ortho nitro benzene ring substituents is 1. The number of hydrazone groups is 1. The molecule has 0 saturated carbocycles. The first kappa shape index (κ1) is 21.7. The lowest BCUT2D eigenvalue weighted by atomic mass is 10.1. The van der Waals surface area contributed by atoms with E-state index in [1.54, 1.807) is 6.20 Å². The molecule has 1 amide bonds. The number of carboxylic acids is 1. The van der Waals surface area contributed by atoms with Gasteiger partial charge >= 0.3 is 5.97 Å². The first-order valence-corrected chi connectivity index (χ1v) is 9.84. The number of carbonyl (C=O) groups is 2. The lowest BCUT2D eigenvalue weighted by Gasteiger charge is -2.11. The van der Waals surface area contributed by atoms with E-state index in [2.05, 4.69) is 10.4 Å². The number of nitrogens with zero attached hydrogens (tertiary/aromatic N) is 3. The highest BCUT2D eigenvalue weighted by molar-refractivity contribution is 6.30. The van der Waals surface area contributed by atoms with Crippen LogP contribution >= 0.6 is 0 Å². The zero-order valence-electron chi connectivity index (χ0n) is 16.9. The summed E-state index contributed by atoms with van der Waals surface area (Å²) in [6, 6.07) is 13.2. The van der Waals surface area contributed by atoms with Gasteiger partial charge in [-0.15, -0.1) is 0 Å². The molecule has 1 heterocycles. The third-order valence-electron chi connectivity index (χ3n) is 4.83. The fraction of sp³-hybridized carbons (Fsp3) is 0.227. The summed E-state index contributed by atoms with van der Waals surface area (Å²) in [6.07, 6.45) is 3.00. The number of amides is 1. The Kier molecular flexibility index (Phi) is 6.76. The van der Waals surface area contributed by atoms with E-state index in [1.807, 2.05) is 31.2 Å². The summed E-state index contributed by atoms with van der Waals surface area (Å²) in [4.78, 5) is 34.3. The second kappa shape index (κ2) is 9.66. The minimum atomic E-state index is -0.919. The van der Waals surface area contributed by atoms with Crippen molar-refractivity contribution in [2.75, 3.05) is 10.3 Å². The van der Waals surface area contributed by atoms with Gasteiger partial charge in [0, 0.05) is 30.4 Å². The van der Waals surface area contributed by atoms with Crippen LogP contribution in [0.4, 0.5) is 17.1 Å². The molecule has 31 heavy (non-hydrogen) atoms. The summed E-state index contributed by atoms with van der Waals surface area (Å²) >= 11 is 0. The Morgan fingerprint density at radius 3 is 2.58 bits per heavy atom. The summed E-state index contributed by atoms with van der Waals surface area (Å²) in [7, 11) is 0. The SMILES string of the molecule is CCc1ccccc1NC=C1C(=O)N(c2ccc([N+](=O)[O-])cc2)N=C1CCCC(=O)O. The second-order valence-corrected chi connectivity index (χ2v) is 6.90. The van der Waals surface area contributed by atoms with Gasteiger partial charge in [0.05, 0.1) is 21.9 Å². The minimum Gasteiger partial charge on any atom is -0.481 e. The smallest absolute Gasteiger partial charge is 0.303 e. The molecule has 2 aromatic carbocycles. The number of nitro groups is 1. The Morgan fingerprint density at radius 1 is 1.23 bits per heavy atom. The van der Waals surface area contributed by atoms with Crippen LogP contribution in [0, 0.1) is 10.1 Å². The molecule has 9 nitrogen and oxygen atoms in total. The molecule has 2 aromatic rings. The van der Waals surface area contributed by atoms with Crippen molar-refractivity contribution in [1.29, 1.82) is 0 Å². The third-order valence-corrected chi connectivity index (χ3v) is 4.83. The predicted octanol–water partition coefficient (Wildman–Crippen LogP) is 4.11. The van der Waals surface area contributed by atoms with Crippen LogP contribution in [0.15, 0.2) is 65.4 Å². The van der Waals surface area contributed by atoms with E-state index >= 15 is 0 Å². The van der Waals surface area contributed by atoms with Crippen molar-refractivity contribution in [2.24, 2.45) is 5.10 Å². The average Bonchev–Trinajstić information content (AvgIpc) is 3.07. The standard InChI is InChI=1S/C22H22N4O5/c1-2-15-6-3-4-7-19(15)23-14-18-20(8-5-9-21(27)28)24-25(22(18)29)16-10-12-17(13-11-16)26(30)31/h3-4,6-7,10-14,23H,2,5,8-9H2,1H3,(H,27,28). The van der Waals surface area contributed by atoms with Crippen molar-refractivity contribution in [3.05, 3.63) is 76.0 Å². The number of hydrogen-bond acceptors (Lipinski definition) is 6. The maximum Gasteiger partial charge on any atom is 0.303 e. The van der Waals surface area contributed by atoms with Gasteiger partial charge in [-0.2, -0.15) is 10.1 Å². The molecule has 0 spiro atoms.